The van der Waals surface area contributed by atoms with Crippen LogP contribution in [0.4, 0.5) is 0 Å². The molecule has 2 aromatic carbocycles. The minimum atomic E-state index is -0.119. The van der Waals surface area contributed by atoms with E-state index in [9.17, 15) is 9.59 Å². The van der Waals surface area contributed by atoms with Gasteiger partial charge in [-0.25, -0.2) is 0 Å². The molecule has 2 unspecified atom stereocenters. The van der Waals surface area contributed by atoms with Gasteiger partial charge in [0.2, 0.25) is 5.91 Å². The van der Waals surface area contributed by atoms with Crippen molar-refractivity contribution in [2.75, 3.05) is 54.1 Å². The molecule has 1 N–H and O–H groups in total. The van der Waals surface area contributed by atoms with Crippen LogP contribution < -0.4 is 19.5 Å². The van der Waals surface area contributed by atoms with Crippen molar-refractivity contribution < 1.29 is 23.8 Å². The van der Waals surface area contributed by atoms with Crippen LogP contribution in [0.5, 0.6) is 17.2 Å². The standard InChI is InChI=1S/C28H37N3O5/c1-19-16-31(18-22-14-25(35-3)26(36-4)15-24(19)22)28(33)21-8-6-11-30(17-21)12-10-29-27(32)20-7-5-9-23(13-20)34-2/h5,7,9,13-15,19,21H,6,8,10-12,16-18H2,1-4H3,(H,29,32). The Morgan fingerprint density at radius 2 is 1.81 bits per heavy atom. The van der Waals surface area contributed by atoms with Crippen LogP contribution in [0.1, 0.15) is 47.2 Å². The molecule has 4 rings (SSSR count). The van der Waals surface area contributed by atoms with Crippen molar-refractivity contribution in [3.63, 3.8) is 0 Å². The summed E-state index contributed by atoms with van der Waals surface area (Å²) in [5.74, 6) is 2.37. The van der Waals surface area contributed by atoms with E-state index >= 15 is 0 Å². The van der Waals surface area contributed by atoms with Crippen LogP contribution in [0, 0.1) is 5.92 Å². The molecule has 2 atom stereocenters. The van der Waals surface area contributed by atoms with E-state index in [1.807, 2.05) is 23.1 Å². The Balaban J connectivity index is 1.32. The molecular weight excluding hydrogens is 458 g/mol. The zero-order valence-corrected chi connectivity index (χ0v) is 21.7. The van der Waals surface area contributed by atoms with Crippen LogP contribution in [-0.2, 0) is 11.3 Å². The van der Waals surface area contributed by atoms with E-state index in [1.165, 1.54) is 5.56 Å². The smallest absolute Gasteiger partial charge is 0.251 e. The number of rotatable bonds is 8. The number of hydrogen-bond acceptors (Lipinski definition) is 6. The van der Waals surface area contributed by atoms with Crippen molar-refractivity contribution in [3.8, 4) is 17.2 Å². The molecule has 8 heteroatoms. The Bertz CT molecular complexity index is 1090. The van der Waals surface area contributed by atoms with Gasteiger partial charge in [0, 0.05) is 38.3 Å². The van der Waals surface area contributed by atoms with E-state index < -0.39 is 0 Å². The molecule has 1 fully saturated rings. The molecular formula is C28H37N3O5. The van der Waals surface area contributed by atoms with Crippen LogP contribution in [0.2, 0.25) is 0 Å². The highest BCUT2D eigenvalue weighted by Crippen LogP contribution is 2.38. The third-order valence-electron chi connectivity index (χ3n) is 7.24. The number of piperidine rings is 1. The van der Waals surface area contributed by atoms with Gasteiger partial charge in [-0.3, -0.25) is 9.59 Å². The number of hydrogen-bond donors (Lipinski definition) is 1. The van der Waals surface area contributed by atoms with E-state index in [2.05, 4.69) is 17.1 Å². The predicted octanol–water partition coefficient (Wildman–Crippen LogP) is 3.30. The van der Waals surface area contributed by atoms with E-state index in [-0.39, 0.29) is 23.7 Å². The summed E-state index contributed by atoms with van der Waals surface area (Å²) >= 11 is 0. The fraction of sp³-hybridized carbons (Fsp3) is 0.500. The number of likely N-dealkylation sites (tertiary alicyclic amines) is 1. The molecule has 194 valence electrons. The monoisotopic (exact) mass is 495 g/mol. The average molecular weight is 496 g/mol. The minimum absolute atomic E-state index is 0.0262. The van der Waals surface area contributed by atoms with Crippen LogP contribution >= 0.6 is 0 Å². The van der Waals surface area contributed by atoms with Gasteiger partial charge >= 0.3 is 0 Å². The predicted molar refractivity (Wildman–Crippen MR) is 138 cm³/mol. The molecule has 0 radical (unpaired) electrons. The van der Waals surface area contributed by atoms with Gasteiger partial charge < -0.3 is 29.3 Å². The maximum Gasteiger partial charge on any atom is 0.251 e. The molecule has 0 bridgehead atoms. The van der Waals surface area contributed by atoms with E-state index in [0.29, 0.717) is 36.7 Å². The van der Waals surface area contributed by atoms with E-state index in [4.69, 9.17) is 14.2 Å². The number of amides is 2. The van der Waals surface area contributed by atoms with Gasteiger partial charge in [-0.1, -0.05) is 13.0 Å². The SMILES string of the molecule is COc1cccc(C(=O)NCCN2CCCC(C(=O)N3Cc4cc(OC)c(OC)cc4C(C)C3)C2)c1. The zero-order valence-electron chi connectivity index (χ0n) is 21.7. The second kappa shape index (κ2) is 11.6. The van der Waals surface area contributed by atoms with Crippen molar-refractivity contribution in [2.45, 2.75) is 32.2 Å². The van der Waals surface area contributed by atoms with Gasteiger partial charge in [-0.2, -0.15) is 0 Å². The number of fused-ring (bicyclic) bond motifs is 1. The van der Waals surface area contributed by atoms with Crippen molar-refractivity contribution in [1.29, 1.82) is 0 Å². The number of methoxy groups -OCH3 is 3. The number of ether oxygens (including phenoxy) is 3. The molecule has 0 spiro atoms. The fourth-order valence-corrected chi connectivity index (χ4v) is 5.31. The number of carbonyl (C=O) groups excluding carboxylic acids is 2. The molecule has 2 aromatic rings. The van der Waals surface area contributed by atoms with Gasteiger partial charge in [-0.15, -0.1) is 0 Å². The van der Waals surface area contributed by atoms with E-state index in [0.717, 1.165) is 43.8 Å². The van der Waals surface area contributed by atoms with Crippen molar-refractivity contribution in [1.82, 2.24) is 15.1 Å². The molecule has 8 nitrogen and oxygen atoms in total. The number of carbonyl (C=O) groups is 2. The Hall–Kier alpha value is -3.26. The Kier molecular flexibility index (Phi) is 8.36. The molecule has 1 saturated heterocycles. The Labute approximate surface area is 213 Å². The fourth-order valence-electron chi connectivity index (χ4n) is 5.31. The van der Waals surface area contributed by atoms with Gasteiger partial charge in [0.1, 0.15) is 5.75 Å². The Morgan fingerprint density at radius 3 is 2.56 bits per heavy atom. The summed E-state index contributed by atoms with van der Waals surface area (Å²) in [5, 5.41) is 2.99. The second-order valence-corrected chi connectivity index (χ2v) is 9.65. The second-order valence-electron chi connectivity index (χ2n) is 9.65. The molecule has 2 aliphatic rings. The van der Waals surface area contributed by atoms with E-state index in [1.54, 1.807) is 39.5 Å². The number of nitrogens with one attached hydrogen (secondary N) is 1. The molecule has 0 aliphatic carbocycles. The lowest BCUT2D eigenvalue weighted by molar-refractivity contribution is -0.138. The average Bonchev–Trinajstić information content (AvgIpc) is 2.91. The molecule has 0 saturated carbocycles. The molecule has 2 amide bonds. The van der Waals surface area contributed by atoms with Crippen molar-refractivity contribution in [3.05, 3.63) is 53.1 Å². The molecule has 2 heterocycles. The highest BCUT2D eigenvalue weighted by atomic mass is 16.5. The van der Waals surface area contributed by atoms with Crippen molar-refractivity contribution >= 4 is 11.8 Å². The van der Waals surface area contributed by atoms with Gasteiger partial charge in [0.05, 0.1) is 27.2 Å². The molecule has 2 aliphatic heterocycles. The first-order chi connectivity index (χ1) is 17.4. The number of nitrogens with zero attached hydrogens (tertiary/aromatic N) is 2. The maximum absolute atomic E-state index is 13.5. The summed E-state index contributed by atoms with van der Waals surface area (Å²) in [4.78, 5) is 30.3. The highest BCUT2D eigenvalue weighted by Gasteiger charge is 2.33. The normalized spacial score (nSPS) is 19.8. The topological polar surface area (TPSA) is 80.3 Å². The largest absolute Gasteiger partial charge is 0.497 e. The molecule has 0 aromatic heterocycles. The third-order valence-corrected chi connectivity index (χ3v) is 7.24. The third kappa shape index (κ3) is 5.75. The minimum Gasteiger partial charge on any atom is -0.497 e. The zero-order chi connectivity index (χ0) is 25.7. The maximum atomic E-state index is 13.5. The summed E-state index contributed by atoms with van der Waals surface area (Å²) in [6, 6.07) is 11.2. The number of benzene rings is 2. The van der Waals surface area contributed by atoms with Gasteiger partial charge in [0.25, 0.3) is 5.91 Å². The van der Waals surface area contributed by atoms with Gasteiger partial charge in [-0.05, 0) is 66.8 Å². The summed E-state index contributed by atoms with van der Waals surface area (Å²) in [7, 11) is 4.87. The Morgan fingerprint density at radius 1 is 1.03 bits per heavy atom. The summed E-state index contributed by atoms with van der Waals surface area (Å²) in [6.45, 7) is 6.36. The van der Waals surface area contributed by atoms with Crippen LogP contribution in [0.15, 0.2) is 36.4 Å². The van der Waals surface area contributed by atoms with Crippen LogP contribution in [0.25, 0.3) is 0 Å². The van der Waals surface area contributed by atoms with Gasteiger partial charge in [0.15, 0.2) is 11.5 Å². The first-order valence-electron chi connectivity index (χ1n) is 12.6. The summed E-state index contributed by atoms with van der Waals surface area (Å²) in [5.41, 5.74) is 2.91. The van der Waals surface area contributed by atoms with Crippen LogP contribution in [-0.4, -0.2) is 75.7 Å². The van der Waals surface area contributed by atoms with Crippen LogP contribution in [0.3, 0.4) is 0 Å². The lowest BCUT2D eigenvalue weighted by Gasteiger charge is -2.38. The lowest BCUT2D eigenvalue weighted by atomic mass is 9.88. The quantitative estimate of drug-likeness (QED) is 0.605. The lowest BCUT2D eigenvalue weighted by Crippen LogP contribution is -2.48. The molecule has 36 heavy (non-hydrogen) atoms. The highest BCUT2D eigenvalue weighted by molar-refractivity contribution is 5.94. The first kappa shape index (κ1) is 25.8. The first-order valence-corrected chi connectivity index (χ1v) is 12.6. The van der Waals surface area contributed by atoms with Crippen molar-refractivity contribution in [2.24, 2.45) is 5.92 Å². The summed E-state index contributed by atoms with van der Waals surface area (Å²) in [6.07, 6.45) is 1.88. The summed E-state index contributed by atoms with van der Waals surface area (Å²) < 4.78 is 16.2.